The summed E-state index contributed by atoms with van der Waals surface area (Å²) >= 11 is 0. The lowest BCUT2D eigenvalue weighted by Crippen LogP contribution is -2.45. The molecule has 1 atom stereocenters. The van der Waals surface area contributed by atoms with Crippen molar-refractivity contribution in [3.8, 4) is 0 Å². The van der Waals surface area contributed by atoms with Gasteiger partial charge in [-0.1, -0.05) is 0 Å². The topological polar surface area (TPSA) is 58.6 Å². The minimum absolute atomic E-state index is 0.0483. The number of ether oxygens (including phenoxy) is 1. The molecule has 3 rings (SSSR count). The molecule has 0 unspecified atom stereocenters. The highest BCUT2D eigenvalue weighted by molar-refractivity contribution is 5.94. The molecular weight excluding hydrogens is 299 g/mol. The van der Waals surface area contributed by atoms with Crippen molar-refractivity contribution >= 4 is 11.8 Å². The van der Waals surface area contributed by atoms with Crippen molar-refractivity contribution in [2.75, 3.05) is 26.3 Å². The summed E-state index contributed by atoms with van der Waals surface area (Å²) in [7, 11) is 0. The third-order valence-electron chi connectivity index (χ3n) is 4.52. The van der Waals surface area contributed by atoms with Gasteiger partial charge in [0, 0.05) is 31.2 Å². The van der Waals surface area contributed by atoms with E-state index in [1.54, 1.807) is 4.90 Å². The zero-order chi connectivity index (χ0) is 16.2. The SMILES string of the molecule is O=C(N[C@@H]1CCOC1)C1CCN(C(=O)c2ccc(F)cc2)CC1. The van der Waals surface area contributed by atoms with Gasteiger partial charge >= 0.3 is 0 Å². The predicted molar refractivity (Wildman–Crippen MR) is 82.4 cm³/mol. The third-order valence-corrected chi connectivity index (χ3v) is 4.52. The Morgan fingerprint density at radius 1 is 1.13 bits per heavy atom. The molecule has 2 aliphatic rings. The molecular formula is C17H21FN2O3. The molecule has 0 radical (unpaired) electrons. The summed E-state index contributed by atoms with van der Waals surface area (Å²) in [5.74, 6) is -0.442. The lowest BCUT2D eigenvalue weighted by atomic mass is 9.95. The summed E-state index contributed by atoms with van der Waals surface area (Å²) in [5.41, 5.74) is 0.484. The van der Waals surface area contributed by atoms with Crippen molar-refractivity contribution in [3.63, 3.8) is 0 Å². The molecule has 2 heterocycles. The molecule has 23 heavy (non-hydrogen) atoms. The van der Waals surface area contributed by atoms with Crippen molar-refractivity contribution in [1.29, 1.82) is 0 Å². The summed E-state index contributed by atoms with van der Waals surface area (Å²) in [4.78, 5) is 26.3. The maximum Gasteiger partial charge on any atom is 0.253 e. The fraction of sp³-hybridized carbons (Fsp3) is 0.529. The zero-order valence-corrected chi connectivity index (χ0v) is 13.0. The summed E-state index contributed by atoms with van der Waals surface area (Å²) in [6.45, 7) is 2.40. The number of rotatable bonds is 3. The van der Waals surface area contributed by atoms with Gasteiger partial charge in [0.15, 0.2) is 0 Å². The van der Waals surface area contributed by atoms with Gasteiger partial charge in [-0.3, -0.25) is 9.59 Å². The van der Waals surface area contributed by atoms with E-state index < -0.39 is 0 Å². The first kappa shape index (κ1) is 15.9. The van der Waals surface area contributed by atoms with Gasteiger partial charge < -0.3 is 15.0 Å². The van der Waals surface area contributed by atoms with E-state index in [1.165, 1.54) is 24.3 Å². The number of halogens is 1. The van der Waals surface area contributed by atoms with E-state index in [1.807, 2.05) is 0 Å². The Labute approximate surface area is 134 Å². The lowest BCUT2D eigenvalue weighted by molar-refractivity contribution is -0.127. The molecule has 1 aromatic carbocycles. The first-order valence-electron chi connectivity index (χ1n) is 8.06. The second-order valence-corrected chi connectivity index (χ2v) is 6.14. The van der Waals surface area contributed by atoms with Crippen LogP contribution in [0.15, 0.2) is 24.3 Å². The fourth-order valence-electron chi connectivity index (χ4n) is 3.09. The molecule has 124 valence electrons. The Bertz CT molecular complexity index is 562. The van der Waals surface area contributed by atoms with Gasteiger partial charge in [0.05, 0.1) is 12.6 Å². The number of hydrogen-bond donors (Lipinski definition) is 1. The van der Waals surface area contributed by atoms with Crippen LogP contribution in [0.4, 0.5) is 4.39 Å². The quantitative estimate of drug-likeness (QED) is 0.920. The normalized spacial score (nSPS) is 22.1. The molecule has 0 bridgehead atoms. The molecule has 2 amide bonds. The van der Waals surface area contributed by atoms with Crippen LogP contribution in [0.25, 0.3) is 0 Å². The monoisotopic (exact) mass is 320 g/mol. The number of likely N-dealkylation sites (tertiary alicyclic amines) is 1. The molecule has 6 heteroatoms. The first-order chi connectivity index (χ1) is 11.1. The number of carbonyl (C=O) groups is 2. The maximum atomic E-state index is 12.9. The van der Waals surface area contributed by atoms with Crippen molar-refractivity contribution in [1.82, 2.24) is 10.2 Å². The van der Waals surface area contributed by atoms with Gasteiger partial charge in [0.25, 0.3) is 5.91 Å². The van der Waals surface area contributed by atoms with Crippen molar-refractivity contribution in [2.24, 2.45) is 5.92 Å². The Morgan fingerprint density at radius 3 is 2.43 bits per heavy atom. The second kappa shape index (κ2) is 7.08. The number of nitrogens with zero attached hydrogens (tertiary/aromatic N) is 1. The zero-order valence-electron chi connectivity index (χ0n) is 13.0. The molecule has 2 fully saturated rings. The van der Waals surface area contributed by atoms with E-state index >= 15 is 0 Å². The van der Waals surface area contributed by atoms with Crippen molar-refractivity contribution < 1.29 is 18.7 Å². The summed E-state index contributed by atoms with van der Waals surface area (Å²) < 4.78 is 18.2. The van der Waals surface area contributed by atoms with E-state index in [0.717, 1.165) is 6.42 Å². The highest BCUT2D eigenvalue weighted by Crippen LogP contribution is 2.20. The van der Waals surface area contributed by atoms with E-state index in [0.29, 0.717) is 44.7 Å². The van der Waals surface area contributed by atoms with Crippen LogP contribution < -0.4 is 5.32 Å². The molecule has 5 nitrogen and oxygen atoms in total. The Hall–Kier alpha value is -1.95. The minimum atomic E-state index is -0.354. The summed E-state index contributed by atoms with van der Waals surface area (Å²) in [6.07, 6.45) is 2.19. The number of nitrogens with one attached hydrogen (secondary N) is 1. The van der Waals surface area contributed by atoms with Crippen LogP contribution in [0.1, 0.15) is 29.6 Å². The average molecular weight is 320 g/mol. The smallest absolute Gasteiger partial charge is 0.253 e. The number of amides is 2. The molecule has 1 aromatic rings. The predicted octanol–water partition coefficient (Wildman–Crippen LogP) is 1.58. The van der Waals surface area contributed by atoms with Gasteiger partial charge in [0.2, 0.25) is 5.91 Å². The number of benzene rings is 1. The largest absolute Gasteiger partial charge is 0.379 e. The third kappa shape index (κ3) is 3.88. The molecule has 0 saturated carbocycles. The van der Waals surface area contributed by atoms with Gasteiger partial charge in [-0.15, -0.1) is 0 Å². The molecule has 0 aromatic heterocycles. The molecule has 0 aliphatic carbocycles. The summed E-state index contributed by atoms with van der Waals surface area (Å²) in [6, 6.07) is 5.70. The minimum Gasteiger partial charge on any atom is -0.379 e. The van der Waals surface area contributed by atoms with Crippen LogP contribution >= 0.6 is 0 Å². The maximum absolute atomic E-state index is 12.9. The van der Waals surface area contributed by atoms with Crippen LogP contribution in [0.3, 0.4) is 0 Å². The van der Waals surface area contributed by atoms with Crippen LogP contribution in [0.2, 0.25) is 0 Å². The van der Waals surface area contributed by atoms with Gasteiger partial charge in [0.1, 0.15) is 5.82 Å². The number of piperidine rings is 1. The summed E-state index contributed by atoms with van der Waals surface area (Å²) in [5, 5.41) is 3.02. The lowest BCUT2D eigenvalue weighted by Gasteiger charge is -2.32. The Morgan fingerprint density at radius 2 is 1.83 bits per heavy atom. The molecule has 0 spiro atoms. The van der Waals surface area contributed by atoms with E-state index in [9.17, 15) is 14.0 Å². The Kier molecular flexibility index (Phi) is 4.91. The molecule has 1 N–H and O–H groups in total. The van der Waals surface area contributed by atoms with Gasteiger partial charge in [-0.25, -0.2) is 4.39 Å². The average Bonchev–Trinajstić information content (AvgIpc) is 3.08. The second-order valence-electron chi connectivity index (χ2n) is 6.14. The van der Waals surface area contributed by atoms with Crippen molar-refractivity contribution in [3.05, 3.63) is 35.6 Å². The van der Waals surface area contributed by atoms with E-state index in [-0.39, 0.29) is 29.6 Å². The van der Waals surface area contributed by atoms with Gasteiger partial charge in [-0.2, -0.15) is 0 Å². The van der Waals surface area contributed by atoms with E-state index in [2.05, 4.69) is 5.32 Å². The van der Waals surface area contributed by atoms with Crippen LogP contribution in [-0.2, 0) is 9.53 Å². The van der Waals surface area contributed by atoms with E-state index in [4.69, 9.17) is 4.74 Å². The van der Waals surface area contributed by atoms with Crippen molar-refractivity contribution in [2.45, 2.75) is 25.3 Å². The first-order valence-corrected chi connectivity index (χ1v) is 8.06. The number of hydrogen-bond acceptors (Lipinski definition) is 3. The van der Waals surface area contributed by atoms with Crippen LogP contribution in [0.5, 0.6) is 0 Å². The standard InChI is InChI=1S/C17H21FN2O3/c18-14-3-1-13(2-4-14)17(22)20-8-5-12(6-9-20)16(21)19-15-7-10-23-11-15/h1-4,12,15H,5-11H2,(H,19,21)/t15-/m1/s1. The van der Waals surface area contributed by atoms with Crippen LogP contribution in [-0.4, -0.2) is 49.1 Å². The Balaban J connectivity index is 1.50. The van der Waals surface area contributed by atoms with Gasteiger partial charge in [-0.05, 0) is 43.5 Å². The molecule has 2 saturated heterocycles. The van der Waals surface area contributed by atoms with Crippen LogP contribution in [0, 0.1) is 11.7 Å². The fourth-order valence-corrected chi connectivity index (χ4v) is 3.09. The highest BCUT2D eigenvalue weighted by atomic mass is 19.1. The molecule has 2 aliphatic heterocycles. The highest BCUT2D eigenvalue weighted by Gasteiger charge is 2.29. The number of carbonyl (C=O) groups excluding carboxylic acids is 2.